The van der Waals surface area contributed by atoms with Gasteiger partial charge in [-0.25, -0.2) is 4.79 Å². The van der Waals surface area contributed by atoms with Crippen molar-refractivity contribution >= 4 is 17.8 Å². The Morgan fingerprint density at radius 2 is 2.00 bits per heavy atom. The smallest absolute Gasteiger partial charge is 0.335 e. The van der Waals surface area contributed by atoms with E-state index in [0.29, 0.717) is 31.0 Å². The molecule has 1 aromatic rings. The van der Waals surface area contributed by atoms with Gasteiger partial charge in [0.25, 0.3) is 0 Å². The largest absolute Gasteiger partial charge is 0.478 e. The van der Waals surface area contributed by atoms with Crippen LogP contribution in [0.15, 0.2) is 24.3 Å². The lowest BCUT2D eigenvalue weighted by molar-refractivity contribution is -0.128. The molecule has 23 heavy (non-hydrogen) atoms. The maximum absolute atomic E-state index is 12.1. The average molecular weight is 316 g/mol. The summed E-state index contributed by atoms with van der Waals surface area (Å²) in [6.07, 6.45) is 3.10. The van der Waals surface area contributed by atoms with Crippen molar-refractivity contribution in [1.29, 1.82) is 0 Å². The Kier molecular flexibility index (Phi) is 4.32. The molecule has 3 rings (SSSR count). The zero-order chi connectivity index (χ0) is 16.4. The minimum Gasteiger partial charge on any atom is -0.478 e. The number of nitrogens with one attached hydrogen (secondary N) is 1. The second-order valence-electron chi connectivity index (χ2n) is 6.21. The Labute approximate surface area is 134 Å². The molecule has 1 aromatic carbocycles. The lowest BCUT2D eigenvalue weighted by atomic mass is 10.0. The van der Waals surface area contributed by atoms with E-state index < -0.39 is 5.97 Å². The van der Waals surface area contributed by atoms with Crippen LogP contribution in [0.3, 0.4) is 0 Å². The molecule has 0 unspecified atom stereocenters. The summed E-state index contributed by atoms with van der Waals surface area (Å²) in [6, 6.07) is 6.97. The van der Waals surface area contributed by atoms with Crippen LogP contribution in [-0.4, -0.2) is 46.4 Å². The van der Waals surface area contributed by atoms with Gasteiger partial charge in [-0.2, -0.15) is 0 Å². The van der Waals surface area contributed by atoms with E-state index in [9.17, 15) is 14.4 Å². The van der Waals surface area contributed by atoms with Gasteiger partial charge in [0.2, 0.25) is 11.8 Å². The maximum Gasteiger partial charge on any atom is 0.335 e. The van der Waals surface area contributed by atoms with Crippen molar-refractivity contribution in [2.75, 3.05) is 6.54 Å². The van der Waals surface area contributed by atoms with Crippen molar-refractivity contribution < 1.29 is 19.5 Å². The second-order valence-corrected chi connectivity index (χ2v) is 6.21. The molecule has 122 valence electrons. The van der Waals surface area contributed by atoms with Crippen molar-refractivity contribution in [2.45, 2.75) is 44.2 Å². The average Bonchev–Trinajstić information content (AvgIpc) is 3.29. The molecule has 0 radical (unpaired) electrons. The molecule has 2 amide bonds. The molecule has 6 nitrogen and oxygen atoms in total. The summed E-state index contributed by atoms with van der Waals surface area (Å²) < 4.78 is 0. The Morgan fingerprint density at radius 1 is 1.26 bits per heavy atom. The van der Waals surface area contributed by atoms with Crippen molar-refractivity contribution in [3.63, 3.8) is 0 Å². The molecule has 0 spiro atoms. The number of amides is 2. The highest BCUT2D eigenvalue weighted by molar-refractivity contribution is 5.89. The number of rotatable bonds is 6. The van der Waals surface area contributed by atoms with Crippen LogP contribution in [0.4, 0.5) is 0 Å². The SMILES string of the molecule is O=C(CCc1ccccc1C(=O)O)N[C@H]1CC(=O)N(C2CC2)C1. The van der Waals surface area contributed by atoms with Crippen molar-refractivity contribution in [3.8, 4) is 0 Å². The van der Waals surface area contributed by atoms with E-state index >= 15 is 0 Å². The molecule has 2 N–H and O–H groups in total. The van der Waals surface area contributed by atoms with E-state index in [1.54, 1.807) is 24.3 Å². The lowest BCUT2D eigenvalue weighted by Gasteiger charge is -2.16. The van der Waals surface area contributed by atoms with Gasteiger partial charge in [0.15, 0.2) is 0 Å². The zero-order valence-corrected chi connectivity index (χ0v) is 12.8. The summed E-state index contributed by atoms with van der Waals surface area (Å²) in [5, 5.41) is 12.0. The topological polar surface area (TPSA) is 86.7 Å². The first-order valence-corrected chi connectivity index (χ1v) is 7.94. The number of aromatic carboxylic acids is 1. The van der Waals surface area contributed by atoms with Crippen LogP contribution in [-0.2, 0) is 16.0 Å². The number of likely N-dealkylation sites (tertiary alicyclic amines) is 1. The molecule has 1 aliphatic carbocycles. The summed E-state index contributed by atoms with van der Waals surface area (Å²) in [4.78, 5) is 36.9. The fourth-order valence-corrected chi connectivity index (χ4v) is 3.06. The lowest BCUT2D eigenvalue weighted by Crippen LogP contribution is -2.37. The standard InChI is InChI=1S/C17H20N2O4/c20-15(8-5-11-3-1-2-4-14(11)17(22)23)18-12-9-16(21)19(10-12)13-6-7-13/h1-4,12-13H,5-10H2,(H,18,20)(H,22,23)/t12-/m0/s1. The number of aryl methyl sites for hydroxylation is 1. The molecule has 1 aliphatic heterocycles. The summed E-state index contributed by atoms with van der Waals surface area (Å²) in [5.74, 6) is -1.00. The van der Waals surface area contributed by atoms with Crippen LogP contribution < -0.4 is 5.32 Å². The monoisotopic (exact) mass is 316 g/mol. The predicted octanol–water partition coefficient (Wildman–Crippen LogP) is 1.20. The van der Waals surface area contributed by atoms with Gasteiger partial charge in [-0.05, 0) is 30.9 Å². The van der Waals surface area contributed by atoms with Crippen LogP contribution in [0.2, 0.25) is 0 Å². The highest BCUT2D eigenvalue weighted by atomic mass is 16.4. The first-order chi connectivity index (χ1) is 11.0. The highest BCUT2D eigenvalue weighted by Crippen LogP contribution is 2.30. The minimum absolute atomic E-state index is 0.119. The zero-order valence-electron chi connectivity index (χ0n) is 12.8. The van der Waals surface area contributed by atoms with Gasteiger partial charge in [-0.15, -0.1) is 0 Å². The highest BCUT2D eigenvalue weighted by Gasteiger charge is 2.39. The first kappa shape index (κ1) is 15.5. The van der Waals surface area contributed by atoms with Gasteiger partial charge in [0, 0.05) is 25.4 Å². The summed E-state index contributed by atoms with van der Waals surface area (Å²) in [6.45, 7) is 0.598. The van der Waals surface area contributed by atoms with Gasteiger partial charge in [0.05, 0.1) is 11.6 Å². The van der Waals surface area contributed by atoms with Gasteiger partial charge in [0.1, 0.15) is 0 Å². The Balaban J connectivity index is 1.50. The molecule has 1 saturated carbocycles. The fraction of sp³-hybridized carbons (Fsp3) is 0.471. The predicted molar refractivity (Wildman–Crippen MR) is 83.0 cm³/mol. The molecular weight excluding hydrogens is 296 g/mol. The third-order valence-corrected chi connectivity index (χ3v) is 4.38. The molecule has 2 aliphatic rings. The molecule has 0 bridgehead atoms. The maximum atomic E-state index is 12.1. The van der Waals surface area contributed by atoms with Crippen LogP contribution in [0.25, 0.3) is 0 Å². The summed E-state index contributed by atoms with van der Waals surface area (Å²) >= 11 is 0. The third kappa shape index (κ3) is 3.70. The second kappa shape index (κ2) is 6.40. The van der Waals surface area contributed by atoms with Crippen molar-refractivity contribution in [1.82, 2.24) is 10.2 Å². The number of carboxylic acid groups (broad SMARTS) is 1. The number of hydrogen-bond acceptors (Lipinski definition) is 3. The van der Waals surface area contributed by atoms with Crippen LogP contribution in [0, 0.1) is 0 Å². The van der Waals surface area contributed by atoms with E-state index in [1.807, 2.05) is 4.90 Å². The number of carbonyl (C=O) groups is 3. The Bertz CT molecular complexity index is 639. The van der Waals surface area contributed by atoms with E-state index in [1.165, 1.54) is 0 Å². The molecule has 0 aromatic heterocycles. The molecule has 1 atom stereocenters. The van der Waals surface area contributed by atoms with Crippen molar-refractivity contribution in [3.05, 3.63) is 35.4 Å². The molecule has 1 saturated heterocycles. The Morgan fingerprint density at radius 3 is 2.70 bits per heavy atom. The number of benzene rings is 1. The van der Waals surface area contributed by atoms with Gasteiger partial charge < -0.3 is 15.3 Å². The quantitative estimate of drug-likeness (QED) is 0.825. The van der Waals surface area contributed by atoms with Crippen LogP contribution in [0.1, 0.15) is 41.6 Å². The van der Waals surface area contributed by atoms with E-state index in [4.69, 9.17) is 5.11 Å². The third-order valence-electron chi connectivity index (χ3n) is 4.38. The van der Waals surface area contributed by atoms with Gasteiger partial charge in [-0.3, -0.25) is 9.59 Å². The van der Waals surface area contributed by atoms with Crippen LogP contribution >= 0.6 is 0 Å². The van der Waals surface area contributed by atoms with E-state index in [-0.39, 0.29) is 29.8 Å². The van der Waals surface area contributed by atoms with Crippen molar-refractivity contribution in [2.24, 2.45) is 0 Å². The number of carbonyl (C=O) groups excluding carboxylic acids is 2. The molecular formula is C17H20N2O4. The fourth-order valence-electron chi connectivity index (χ4n) is 3.06. The minimum atomic E-state index is -0.984. The molecule has 2 fully saturated rings. The molecule has 1 heterocycles. The van der Waals surface area contributed by atoms with E-state index in [2.05, 4.69) is 5.32 Å². The molecule has 6 heteroatoms. The van der Waals surface area contributed by atoms with Gasteiger partial charge in [-0.1, -0.05) is 18.2 Å². The number of hydrogen-bond donors (Lipinski definition) is 2. The summed E-state index contributed by atoms with van der Waals surface area (Å²) in [7, 11) is 0. The van der Waals surface area contributed by atoms with E-state index in [0.717, 1.165) is 12.8 Å². The summed E-state index contributed by atoms with van der Waals surface area (Å²) in [5.41, 5.74) is 0.883. The van der Waals surface area contributed by atoms with Gasteiger partial charge >= 0.3 is 5.97 Å². The van der Waals surface area contributed by atoms with Crippen LogP contribution in [0.5, 0.6) is 0 Å². The number of carboxylic acids is 1. The Hall–Kier alpha value is -2.37. The number of nitrogens with zero attached hydrogens (tertiary/aromatic N) is 1. The first-order valence-electron chi connectivity index (χ1n) is 7.94. The normalized spacial score (nSPS) is 20.6.